The van der Waals surface area contributed by atoms with Crippen LogP contribution in [0.2, 0.25) is 0 Å². The predicted octanol–water partition coefficient (Wildman–Crippen LogP) is 0.0156. The minimum atomic E-state index is -1.04. The van der Waals surface area contributed by atoms with E-state index in [0.717, 1.165) is 0 Å². The fourth-order valence-electron chi connectivity index (χ4n) is 2.09. The summed E-state index contributed by atoms with van der Waals surface area (Å²) in [5.41, 5.74) is 0. The Morgan fingerprint density at radius 1 is 1.32 bits per heavy atom. The molecule has 0 aromatic carbocycles. The van der Waals surface area contributed by atoms with Gasteiger partial charge in [-0.25, -0.2) is 9.59 Å². The third-order valence-corrected chi connectivity index (χ3v) is 3.09. The quantitative estimate of drug-likeness (QED) is 0.671. The van der Waals surface area contributed by atoms with Crippen molar-refractivity contribution in [1.82, 2.24) is 15.5 Å². The molecule has 2 atom stereocenters. The first-order chi connectivity index (χ1) is 8.81. The zero-order valence-electron chi connectivity index (χ0n) is 11.5. The molecule has 1 aliphatic heterocycles. The molecule has 0 saturated carbocycles. The molecular weight excluding hydrogens is 250 g/mol. The minimum Gasteiger partial charge on any atom is -0.480 e. The third kappa shape index (κ3) is 4.42. The van der Waals surface area contributed by atoms with Gasteiger partial charge >= 0.3 is 12.0 Å². The first kappa shape index (κ1) is 15.3. The smallest absolute Gasteiger partial charge is 0.326 e. The molecule has 3 N–H and O–H groups in total. The van der Waals surface area contributed by atoms with Gasteiger partial charge in [0.25, 0.3) is 0 Å². The highest BCUT2D eigenvalue weighted by atomic mass is 16.4. The molecule has 108 valence electrons. The number of carboxylic acids is 1. The maximum Gasteiger partial charge on any atom is 0.326 e. The second-order valence-corrected chi connectivity index (χ2v) is 5.14. The van der Waals surface area contributed by atoms with Gasteiger partial charge in [0.05, 0.1) is 0 Å². The Morgan fingerprint density at radius 3 is 2.42 bits per heavy atom. The van der Waals surface area contributed by atoms with Crippen LogP contribution < -0.4 is 10.6 Å². The number of urea groups is 1. The number of carbonyl (C=O) groups is 3. The molecule has 0 spiro atoms. The molecule has 1 aliphatic rings. The Labute approximate surface area is 112 Å². The van der Waals surface area contributed by atoms with Crippen molar-refractivity contribution in [2.45, 2.75) is 39.3 Å². The van der Waals surface area contributed by atoms with E-state index in [2.05, 4.69) is 10.6 Å². The maximum absolute atomic E-state index is 11.9. The highest BCUT2D eigenvalue weighted by Gasteiger charge is 2.30. The molecule has 1 unspecified atom stereocenters. The Balaban J connectivity index is 2.51. The van der Waals surface area contributed by atoms with Crippen LogP contribution in [0.5, 0.6) is 0 Å². The summed E-state index contributed by atoms with van der Waals surface area (Å²) in [6.45, 7) is 5.84. The van der Waals surface area contributed by atoms with Gasteiger partial charge in [-0.1, -0.05) is 13.8 Å². The van der Waals surface area contributed by atoms with Gasteiger partial charge in [-0.15, -0.1) is 0 Å². The molecule has 3 amide bonds. The molecule has 0 bridgehead atoms. The van der Waals surface area contributed by atoms with Crippen LogP contribution in [-0.4, -0.2) is 53.1 Å². The fraction of sp³-hybridized carbons (Fsp3) is 0.750. The summed E-state index contributed by atoms with van der Waals surface area (Å²) in [4.78, 5) is 35.4. The standard InChI is InChI=1S/C12H21N3O4/c1-7(2)10(11(17)18)14-12(19)15-5-4-9(6-15)13-8(3)16/h7,9-10H,4-6H2,1-3H3,(H,13,16)(H,14,19)(H,17,18)/t9?,10-/m1/s1. The first-order valence-electron chi connectivity index (χ1n) is 6.36. The lowest BCUT2D eigenvalue weighted by molar-refractivity contribution is -0.140. The molecule has 1 saturated heterocycles. The zero-order valence-corrected chi connectivity index (χ0v) is 11.5. The molecule has 0 radical (unpaired) electrons. The highest BCUT2D eigenvalue weighted by Crippen LogP contribution is 2.10. The number of rotatable bonds is 4. The van der Waals surface area contributed by atoms with E-state index >= 15 is 0 Å². The lowest BCUT2D eigenvalue weighted by Crippen LogP contribution is -2.50. The number of likely N-dealkylation sites (tertiary alicyclic amines) is 1. The average Bonchev–Trinajstić information content (AvgIpc) is 2.72. The van der Waals surface area contributed by atoms with E-state index in [0.29, 0.717) is 19.5 Å². The SMILES string of the molecule is CC(=O)NC1CCN(C(=O)N[C@@H](C(=O)O)C(C)C)C1. The second-order valence-electron chi connectivity index (χ2n) is 5.14. The van der Waals surface area contributed by atoms with E-state index in [4.69, 9.17) is 5.11 Å². The number of amides is 3. The van der Waals surface area contributed by atoms with E-state index in [1.807, 2.05) is 0 Å². The van der Waals surface area contributed by atoms with E-state index < -0.39 is 18.0 Å². The summed E-state index contributed by atoms with van der Waals surface area (Å²) in [6, 6.07) is -1.34. The van der Waals surface area contributed by atoms with Crippen LogP contribution in [-0.2, 0) is 9.59 Å². The van der Waals surface area contributed by atoms with Crippen LogP contribution in [0.1, 0.15) is 27.2 Å². The average molecular weight is 271 g/mol. The Kier molecular flexibility index (Phi) is 5.14. The van der Waals surface area contributed by atoms with Crippen molar-refractivity contribution in [3.05, 3.63) is 0 Å². The van der Waals surface area contributed by atoms with Crippen LogP contribution in [0.15, 0.2) is 0 Å². The van der Waals surface area contributed by atoms with Crippen LogP contribution in [0.4, 0.5) is 4.79 Å². The number of hydrogen-bond donors (Lipinski definition) is 3. The first-order valence-corrected chi connectivity index (χ1v) is 6.36. The number of nitrogens with one attached hydrogen (secondary N) is 2. The summed E-state index contributed by atoms with van der Waals surface area (Å²) in [7, 11) is 0. The largest absolute Gasteiger partial charge is 0.480 e. The molecule has 0 aromatic heterocycles. The predicted molar refractivity (Wildman–Crippen MR) is 68.6 cm³/mol. The molecule has 1 heterocycles. The molecule has 0 aromatic rings. The van der Waals surface area contributed by atoms with Crippen molar-refractivity contribution in [2.75, 3.05) is 13.1 Å². The number of hydrogen-bond acceptors (Lipinski definition) is 3. The second kappa shape index (κ2) is 6.40. The maximum atomic E-state index is 11.9. The van der Waals surface area contributed by atoms with Crippen LogP contribution in [0.25, 0.3) is 0 Å². The molecule has 7 heteroatoms. The van der Waals surface area contributed by atoms with Gasteiger partial charge in [-0.2, -0.15) is 0 Å². The van der Waals surface area contributed by atoms with Gasteiger partial charge in [0.1, 0.15) is 6.04 Å². The lowest BCUT2D eigenvalue weighted by Gasteiger charge is -2.23. The van der Waals surface area contributed by atoms with Crippen LogP contribution in [0.3, 0.4) is 0 Å². The molecule has 0 aliphatic carbocycles. The van der Waals surface area contributed by atoms with E-state index in [1.54, 1.807) is 13.8 Å². The normalized spacial score (nSPS) is 20.2. The topological polar surface area (TPSA) is 98.7 Å². The van der Waals surface area contributed by atoms with E-state index in [9.17, 15) is 14.4 Å². The fourth-order valence-corrected chi connectivity index (χ4v) is 2.09. The zero-order chi connectivity index (χ0) is 14.6. The summed E-state index contributed by atoms with van der Waals surface area (Å²) >= 11 is 0. The van der Waals surface area contributed by atoms with Crippen LogP contribution >= 0.6 is 0 Å². The number of carboxylic acid groups (broad SMARTS) is 1. The molecule has 19 heavy (non-hydrogen) atoms. The van der Waals surface area contributed by atoms with Gasteiger partial charge in [0.2, 0.25) is 5.91 Å². The van der Waals surface area contributed by atoms with Gasteiger partial charge in [0, 0.05) is 26.1 Å². The lowest BCUT2D eigenvalue weighted by atomic mass is 10.1. The van der Waals surface area contributed by atoms with E-state index in [-0.39, 0.29) is 17.9 Å². The number of aliphatic carboxylic acids is 1. The number of nitrogens with zero attached hydrogens (tertiary/aromatic N) is 1. The molecule has 1 fully saturated rings. The summed E-state index contributed by atoms with van der Waals surface area (Å²) in [5, 5.41) is 14.3. The van der Waals surface area contributed by atoms with Crippen molar-refractivity contribution in [1.29, 1.82) is 0 Å². The summed E-state index contributed by atoms with van der Waals surface area (Å²) < 4.78 is 0. The van der Waals surface area contributed by atoms with Gasteiger partial charge < -0.3 is 20.6 Å². The van der Waals surface area contributed by atoms with Gasteiger partial charge in [-0.05, 0) is 12.3 Å². The van der Waals surface area contributed by atoms with Gasteiger partial charge in [0.15, 0.2) is 0 Å². The van der Waals surface area contributed by atoms with Crippen molar-refractivity contribution in [3.8, 4) is 0 Å². The number of carbonyl (C=O) groups excluding carboxylic acids is 2. The molecule has 1 rings (SSSR count). The summed E-state index contributed by atoms with van der Waals surface area (Å²) in [6.07, 6.45) is 0.687. The van der Waals surface area contributed by atoms with Gasteiger partial charge in [-0.3, -0.25) is 4.79 Å². The minimum absolute atomic E-state index is 0.0504. The monoisotopic (exact) mass is 271 g/mol. The summed E-state index contributed by atoms with van der Waals surface area (Å²) in [5.74, 6) is -1.35. The van der Waals surface area contributed by atoms with E-state index in [1.165, 1.54) is 11.8 Å². The molecular formula is C12H21N3O4. The molecule has 7 nitrogen and oxygen atoms in total. The van der Waals surface area contributed by atoms with Crippen molar-refractivity contribution in [2.24, 2.45) is 5.92 Å². The highest BCUT2D eigenvalue weighted by molar-refractivity contribution is 5.83. The Bertz CT molecular complexity index is 370. The van der Waals surface area contributed by atoms with Crippen LogP contribution in [0, 0.1) is 5.92 Å². The van der Waals surface area contributed by atoms with Crippen molar-refractivity contribution < 1.29 is 19.5 Å². The Morgan fingerprint density at radius 2 is 1.95 bits per heavy atom. The van der Waals surface area contributed by atoms with Crippen molar-refractivity contribution >= 4 is 17.9 Å². The van der Waals surface area contributed by atoms with Crippen molar-refractivity contribution in [3.63, 3.8) is 0 Å². The third-order valence-electron chi connectivity index (χ3n) is 3.09. The Hall–Kier alpha value is -1.79.